The van der Waals surface area contributed by atoms with Gasteiger partial charge in [0.05, 0.1) is 18.5 Å². The maximum absolute atomic E-state index is 11.9. The minimum atomic E-state index is -3.29. The molecule has 0 fully saturated rings. The van der Waals surface area contributed by atoms with Crippen molar-refractivity contribution >= 4 is 21.7 Å². The molecule has 2 aromatic rings. The second kappa shape index (κ2) is 7.38. The number of rotatable bonds is 7. The van der Waals surface area contributed by atoms with Crippen LogP contribution in [0.25, 0.3) is 0 Å². The third kappa shape index (κ3) is 5.19. The minimum Gasteiger partial charge on any atom is -0.311 e. The van der Waals surface area contributed by atoms with Gasteiger partial charge in [-0.05, 0) is 12.5 Å². The van der Waals surface area contributed by atoms with Gasteiger partial charge in [0, 0.05) is 19.0 Å². The summed E-state index contributed by atoms with van der Waals surface area (Å²) in [5, 5.41) is 7.01. The van der Waals surface area contributed by atoms with Crippen molar-refractivity contribution in [2.75, 3.05) is 18.1 Å². The van der Waals surface area contributed by atoms with Crippen LogP contribution in [0.1, 0.15) is 24.9 Å². The predicted molar refractivity (Wildman–Crippen MR) is 88.6 cm³/mol. The fourth-order valence-electron chi connectivity index (χ4n) is 2.15. The molecule has 8 heteroatoms. The van der Waals surface area contributed by atoms with Gasteiger partial charge in [-0.25, -0.2) is 17.8 Å². The van der Waals surface area contributed by atoms with Crippen molar-refractivity contribution in [3.63, 3.8) is 0 Å². The summed E-state index contributed by atoms with van der Waals surface area (Å²) in [6, 6.07) is 11.5. The lowest BCUT2D eigenvalue weighted by Crippen LogP contribution is -2.27. The molecule has 1 amide bonds. The standard InChI is InChI=1S/C15H20N4O3S/c1-12(13-6-4-3-5-7-13)19-14(8-10-16-19)18-15(20)9-11-17-23(2,21)22/h3-8,10,12,17H,9,11H2,1-2H3,(H,18,20). The van der Waals surface area contributed by atoms with Crippen molar-refractivity contribution in [1.29, 1.82) is 0 Å². The largest absolute Gasteiger partial charge is 0.311 e. The maximum Gasteiger partial charge on any atom is 0.226 e. The molecule has 1 aromatic carbocycles. The topological polar surface area (TPSA) is 93.1 Å². The Morgan fingerprint density at radius 1 is 1.26 bits per heavy atom. The van der Waals surface area contributed by atoms with Crippen LogP contribution < -0.4 is 10.0 Å². The molecule has 1 heterocycles. The summed E-state index contributed by atoms with van der Waals surface area (Å²) in [5.74, 6) is 0.300. The van der Waals surface area contributed by atoms with Crippen molar-refractivity contribution in [3.05, 3.63) is 48.2 Å². The summed E-state index contributed by atoms with van der Waals surface area (Å²) < 4.78 is 26.0. The molecule has 2 N–H and O–H groups in total. The first kappa shape index (κ1) is 17.2. The molecule has 0 radical (unpaired) electrons. The maximum atomic E-state index is 11.9. The number of amides is 1. The zero-order valence-electron chi connectivity index (χ0n) is 13.1. The molecule has 1 unspecified atom stereocenters. The number of carbonyl (C=O) groups excluding carboxylic acids is 1. The summed E-state index contributed by atoms with van der Waals surface area (Å²) in [5.41, 5.74) is 1.07. The second-order valence-corrected chi connectivity index (χ2v) is 7.05. The summed E-state index contributed by atoms with van der Waals surface area (Å²) >= 11 is 0. The lowest BCUT2D eigenvalue weighted by atomic mass is 10.1. The molecule has 1 aromatic heterocycles. The molecule has 0 saturated heterocycles. The van der Waals surface area contributed by atoms with Crippen LogP contribution >= 0.6 is 0 Å². The Morgan fingerprint density at radius 2 is 1.96 bits per heavy atom. The van der Waals surface area contributed by atoms with Crippen LogP contribution in [0.3, 0.4) is 0 Å². The molecule has 2 rings (SSSR count). The van der Waals surface area contributed by atoms with Gasteiger partial charge in [0.25, 0.3) is 0 Å². The van der Waals surface area contributed by atoms with Gasteiger partial charge in [0.2, 0.25) is 15.9 Å². The highest BCUT2D eigenvalue weighted by Crippen LogP contribution is 2.21. The first-order valence-corrected chi connectivity index (χ1v) is 9.09. The van der Waals surface area contributed by atoms with E-state index in [1.807, 2.05) is 37.3 Å². The highest BCUT2D eigenvalue weighted by atomic mass is 32.2. The third-order valence-electron chi connectivity index (χ3n) is 3.30. The van der Waals surface area contributed by atoms with Crippen molar-refractivity contribution in [2.24, 2.45) is 0 Å². The van der Waals surface area contributed by atoms with Crippen LogP contribution in [0.2, 0.25) is 0 Å². The summed E-state index contributed by atoms with van der Waals surface area (Å²) in [4.78, 5) is 11.9. The predicted octanol–water partition coefficient (Wildman–Crippen LogP) is 1.37. The van der Waals surface area contributed by atoms with Crippen LogP contribution in [-0.4, -0.2) is 36.9 Å². The lowest BCUT2D eigenvalue weighted by Gasteiger charge is -2.16. The zero-order valence-corrected chi connectivity index (χ0v) is 13.9. The molecule has 0 aliphatic carbocycles. The van der Waals surface area contributed by atoms with E-state index in [9.17, 15) is 13.2 Å². The number of nitrogens with zero attached hydrogens (tertiary/aromatic N) is 2. The number of nitrogens with one attached hydrogen (secondary N) is 2. The Kier molecular flexibility index (Phi) is 5.51. The van der Waals surface area contributed by atoms with E-state index in [2.05, 4.69) is 15.1 Å². The van der Waals surface area contributed by atoms with Gasteiger partial charge in [-0.3, -0.25) is 4.79 Å². The van der Waals surface area contributed by atoms with Crippen molar-refractivity contribution in [3.8, 4) is 0 Å². The van der Waals surface area contributed by atoms with Gasteiger partial charge in [-0.1, -0.05) is 30.3 Å². The van der Waals surface area contributed by atoms with Gasteiger partial charge in [0.1, 0.15) is 5.82 Å². The number of benzene rings is 1. The molecular formula is C15H20N4O3S. The average Bonchev–Trinajstić information content (AvgIpc) is 2.94. The number of carbonyl (C=O) groups is 1. The van der Waals surface area contributed by atoms with Gasteiger partial charge < -0.3 is 5.32 Å². The average molecular weight is 336 g/mol. The van der Waals surface area contributed by atoms with E-state index in [0.717, 1.165) is 11.8 Å². The molecule has 23 heavy (non-hydrogen) atoms. The van der Waals surface area contributed by atoms with E-state index in [1.165, 1.54) is 0 Å². The lowest BCUT2D eigenvalue weighted by molar-refractivity contribution is -0.116. The number of hydrogen-bond donors (Lipinski definition) is 2. The van der Waals surface area contributed by atoms with Crippen molar-refractivity contribution in [1.82, 2.24) is 14.5 Å². The molecule has 0 aliphatic rings. The Labute approximate surface area is 135 Å². The summed E-state index contributed by atoms with van der Waals surface area (Å²) in [7, 11) is -3.29. The number of sulfonamides is 1. The molecular weight excluding hydrogens is 316 g/mol. The van der Waals surface area contributed by atoms with Gasteiger partial charge >= 0.3 is 0 Å². The van der Waals surface area contributed by atoms with E-state index < -0.39 is 10.0 Å². The van der Waals surface area contributed by atoms with Crippen LogP contribution in [0, 0.1) is 0 Å². The van der Waals surface area contributed by atoms with Crippen LogP contribution in [0.5, 0.6) is 0 Å². The first-order chi connectivity index (χ1) is 10.9. The van der Waals surface area contributed by atoms with Crippen LogP contribution in [0.4, 0.5) is 5.82 Å². The summed E-state index contributed by atoms with van der Waals surface area (Å²) in [6.45, 7) is 2.05. The second-order valence-electron chi connectivity index (χ2n) is 5.21. The third-order valence-corrected chi connectivity index (χ3v) is 4.03. The zero-order chi connectivity index (χ0) is 16.9. The van der Waals surface area contributed by atoms with Crippen molar-refractivity contribution < 1.29 is 13.2 Å². The number of hydrogen-bond acceptors (Lipinski definition) is 4. The van der Waals surface area contributed by atoms with E-state index in [1.54, 1.807) is 16.9 Å². The van der Waals surface area contributed by atoms with Gasteiger partial charge in [-0.2, -0.15) is 5.10 Å². The van der Waals surface area contributed by atoms with E-state index >= 15 is 0 Å². The molecule has 0 spiro atoms. The number of anilines is 1. The SMILES string of the molecule is CC(c1ccccc1)n1nccc1NC(=O)CCNS(C)(=O)=O. The first-order valence-electron chi connectivity index (χ1n) is 7.20. The highest BCUT2D eigenvalue weighted by Gasteiger charge is 2.14. The minimum absolute atomic E-state index is 0.0318. The smallest absolute Gasteiger partial charge is 0.226 e. The fraction of sp³-hybridized carbons (Fsp3) is 0.333. The molecule has 0 saturated carbocycles. The van der Waals surface area contributed by atoms with Crippen LogP contribution in [-0.2, 0) is 14.8 Å². The molecule has 0 aliphatic heterocycles. The quantitative estimate of drug-likeness (QED) is 0.798. The normalized spacial score (nSPS) is 12.8. The van der Waals surface area contributed by atoms with Gasteiger partial charge in [-0.15, -0.1) is 0 Å². The van der Waals surface area contributed by atoms with Crippen molar-refractivity contribution in [2.45, 2.75) is 19.4 Å². The highest BCUT2D eigenvalue weighted by molar-refractivity contribution is 7.88. The van der Waals surface area contributed by atoms with Crippen LogP contribution in [0.15, 0.2) is 42.6 Å². The van der Waals surface area contributed by atoms with E-state index in [0.29, 0.717) is 5.82 Å². The van der Waals surface area contributed by atoms with Gasteiger partial charge in [0.15, 0.2) is 0 Å². The van der Waals surface area contributed by atoms with E-state index in [-0.39, 0.29) is 24.9 Å². The Balaban J connectivity index is 2.00. The molecule has 0 bridgehead atoms. The summed E-state index contributed by atoms with van der Waals surface area (Å²) in [6.07, 6.45) is 2.73. The Bertz CT molecular complexity index is 756. The Morgan fingerprint density at radius 3 is 2.61 bits per heavy atom. The van der Waals surface area contributed by atoms with E-state index in [4.69, 9.17) is 0 Å². The Hall–Kier alpha value is -2.19. The molecule has 1 atom stereocenters. The monoisotopic (exact) mass is 336 g/mol. The molecule has 7 nitrogen and oxygen atoms in total. The number of aromatic nitrogens is 2. The fourth-order valence-corrected chi connectivity index (χ4v) is 2.62. The molecule has 124 valence electrons.